The fourth-order valence-corrected chi connectivity index (χ4v) is 3.07. The number of hydrogen-bond donors (Lipinski definition) is 1. The quantitative estimate of drug-likeness (QED) is 0.793. The molecule has 0 radical (unpaired) electrons. The summed E-state index contributed by atoms with van der Waals surface area (Å²) in [6, 6.07) is 0.513. The maximum atomic E-state index is 13.2. The molecule has 1 fully saturated rings. The predicted molar refractivity (Wildman–Crippen MR) is 76.8 cm³/mol. The van der Waals surface area contributed by atoms with Crippen LogP contribution in [0.4, 0.5) is 26.3 Å². The molecule has 1 aliphatic heterocycles. The molecule has 0 spiro atoms. The topological polar surface area (TPSA) is 40.5 Å². The zero-order valence-electron chi connectivity index (χ0n) is 13.3. The number of likely N-dealkylation sites (tertiary alicyclic amines) is 1. The van der Waals surface area contributed by atoms with Gasteiger partial charge >= 0.3 is 18.3 Å². The second-order valence-electron chi connectivity index (χ2n) is 6.12. The van der Waals surface area contributed by atoms with Gasteiger partial charge in [0.05, 0.1) is 17.0 Å². The molecule has 0 saturated carbocycles. The van der Waals surface area contributed by atoms with Crippen molar-refractivity contribution in [3.63, 3.8) is 0 Å². The first-order valence-electron chi connectivity index (χ1n) is 7.66. The number of piperidine rings is 1. The average molecular weight is 369 g/mol. The van der Waals surface area contributed by atoms with Crippen molar-refractivity contribution in [2.45, 2.75) is 38.2 Å². The lowest BCUT2D eigenvalue weighted by Crippen LogP contribution is -2.38. The minimum Gasteiger partial charge on any atom is -0.481 e. The SMILES string of the molecule is CC(c1cc(C(F)(F)F)ccc1C(F)(F)F)N1CCC(C(=O)O)CC1. The largest absolute Gasteiger partial charge is 0.481 e. The van der Waals surface area contributed by atoms with E-state index in [9.17, 15) is 31.1 Å². The maximum absolute atomic E-state index is 13.2. The van der Waals surface area contributed by atoms with E-state index < -0.39 is 47.0 Å². The number of carboxylic acids is 1. The van der Waals surface area contributed by atoms with Crippen molar-refractivity contribution < 1.29 is 36.2 Å². The van der Waals surface area contributed by atoms with E-state index in [4.69, 9.17) is 5.11 Å². The van der Waals surface area contributed by atoms with Gasteiger partial charge in [-0.15, -0.1) is 0 Å². The number of hydrogen-bond acceptors (Lipinski definition) is 2. The molecule has 25 heavy (non-hydrogen) atoms. The second kappa shape index (κ2) is 6.86. The number of nitrogens with zero attached hydrogens (tertiary/aromatic N) is 1. The molecule has 9 heteroatoms. The lowest BCUT2D eigenvalue weighted by molar-refractivity contribution is -0.144. The highest BCUT2D eigenvalue weighted by molar-refractivity contribution is 5.70. The van der Waals surface area contributed by atoms with E-state index in [1.165, 1.54) is 6.92 Å². The number of halogens is 6. The van der Waals surface area contributed by atoms with Gasteiger partial charge in [-0.3, -0.25) is 9.69 Å². The summed E-state index contributed by atoms with van der Waals surface area (Å²) in [5, 5.41) is 8.96. The van der Waals surface area contributed by atoms with Crippen LogP contribution in [0.3, 0.4) is 0 Å². The summed E-state index contributed by atoms with van der Waals surface area (Å²) in [4.78, 5) is 12.5. The molecule has 1 N–H and O–H groups in total. The Hall–Kier alpha value is -1.77. The van der Waals surface area contributed by atoms with Crippen LogP contribution in [0, 0.1) is 5.92 Å². The van der Waals surface area contributed by atoms with Gasteiger partial charge in [-0.25, -0.2) is 0 Å². The molecule has 1 aromatic carbocycles. The zero-order valence-corrected chi connectivity index (χ0v) is 13.3. The normalized spacial score (nSPS) is 19.0. The molecule has 1 atom stereocenters. The van der Waals surface area contributed by atoms with Crippen LogP contribution >= 0.6 is 0 Å². The van der Waals surface area contributed by atoms with E-state index in [0.717, 1.165) is 0 Å². The standard InChI is InChI=1S/C16H17F6NO2/c1-9(23-6-4-10(5-7-23)14(24)25)12-8-11(15(17,18)19)2-3-13(12)16(20,21)22/h2-3,8-10H,4-7H2,1H3,(H,24,25). The zero-order chi connectivity index (χ0) is 19.0. The molecular formula is C16H17F6NO2. The lowest BCUT2D eigenvalue weighted by atomic mass is 9.92. The third kappa shape index (κ3) is 4.45. The number of rotatable bonds is 3. The Balaban J connectivity index is 2.34. The van der Waals surface area contributed by atoms with Gasteiger partial charge in [0.15, 0.2) is 0 Å². The van der Waals surface area contributed by atoms with Crippen LogP contribution in [0.15, 0.2) is 18.2 Å². The van der Waals surface area contributed by atoms with E-state index in [0.29, 0.717) is 18.2 Å². The first-order chi connectivity index (χ1) is 11.4. The minimum absolute atomic E-state index is 0.214. The van der Waals surface area contributed by atoms with Crippen LogP contribution < -0.4 is 0 Å². The molecule has 0 aliphatic carbocycles. The summed E-state index contributed by atoms with van der Waals surface area (Å²) in [5.41, 5.74) is -2.69. The predicted octanol–water partition coefficient (Wildman–Crippen LogP) is 4.58. The van der Waals surface area contributed by atoms with Gasteiger partial charge in [0.25, 0.3) is 0 Å². The third-order valence-electron chi connectivity index (χ3n) is 4.56. The first-order valence-corrected chi connectivity index (χ1v) is 7.66. The van der Waals surface area contributed by atoms with E-state index in [-0.39, 0.29) is 25.9 Å². The highest BCUT2D eigenvalue weighted by Crippen LogP contribution is 2.40. The van der Waals surface area contributed by atoms with Crippen LogP contribution in [-0.4, -0.2) is 29.1 Å². The number of aliphatic carboxylic acids is 1. The van der Waals surface area contributed by atoms with Gasteiger partial charge in [-0.05, 0) is 56.6 Å². The van der Waals surface area contributed by atoms with Crippen molar-refractivity contribution in [3.8, 4) is 0 Å². The Labute approximate surface area is 140 Å². The molecule has 3 nitrogen and oxygen atoms in total. The number of carboxylic acid groups (broad SMARTS) is 1. The van der Waals surface area contributed by atoms with Crippen molar-refractivity contribution in [2.24, 2.45) is 5.92 Å². The Morgan fingerprint density at radius 3 is 2.12 bits per heavy atom. The molecule has 0 aromatic heterocycles. The van der Waals surface area contributed by atoms with Crippen LogP contribution in [0.5, 0.6) is 0 Å². The molecule has 1 aliphatic rings. The van der Waals surface area contributed by atoms with Gasteiger partial charge in [-0.1, -0.05) is 0 Å². The molecule has 1 unspecified atom stereocenters. The van der Waals surface area contributed by atoms with Crippen LogP contribution in [0.25, 0.3) is 0 Å². The second-order valence-corrected chi connectivity index (χ2v) is 6.12. The van der Waals surface area contributed by atoms with E-state index in [1.54, 1.807) is 4.90 Å². The Kier molecular flexibility index (Phi) is 5.36. The molecule has 0 bridgehead atoms. The Morgan fingerprint density at radius 1 is 1.12 bits per heavy atom. The number of benzene rings is 1. The summed E-state index contributed by atoms with van der Waals surface area (Å²) in [6.07, 6.45) is -9.01. The summed E-state index contributed by atoms with van der Waals surface area (Å²) >= 11 is 0. The molecule has 1 saturated heterocycles. The smallest absolute Gasteiger partial charge is 0.416 e. The van der Waals surface area contributed by atoms with Gasteiger partial charge < -0.3 is 5.11 Å². The van der Waals surface area contributed by atoms with E-state index in [1.807, 2.05) is 0 Å². The Morgan fingerprint density at radius 2 is 1.68 bits per heavy atom. The lowest BCUT2D eigenvalue weighted by Gasteiger charge is -2.36. The molecule has 2 rings (SSSR count). The molecular weight excluding hydrogens is 352 g/mol. The number of carbonyl (C=O) groups is 1. The molecule has 1 heterocycles. The van der Waals surface area contributed by atoms with Crippen molar-refractivity contribution in [1.29, 1.82) is 0 Å². The van der Waals surface area contributed by atoms with Gasteiger partial charge in [0.1, 0.15) is 0 Å². The van der Waals surface area contributed by atoms with Gasteiger partial charge in [0.2, 0.25) is 0 Å². The fourth-order valence-electron chi connectivity index (χ4n) is 3.07. The van der Waals surface area contributed by atoms with Crippen molar-refractivity contribution in [2.75, 3.05) is 13.1 Å². The highest BCUT2D eigenvalue weighted by Gasteiger charge is 2.39. The van der Waals surface area contributed by atoms with Crippen LogP contribution in [0.2, 0.25) is 0 Å². The molecule has 0 amide bonds. The van der Waals surface area contributed by atoms with Crippen molar-refractivity contribution in [3.05, 3.63) is 34.9 Å². The summed E-state index contributed by atoms with van der Waals surface area (Å²) in [6.45, 7) is 1.84. The fraction of sp³-hybridized carbons (Fsp3) is 0.562. The van der Waals surface area contributed by atoms with Crippen LogP contribution in [0.1, 0.15) is 42.5 Å². The van der Waals surface area contributed by atoms with Crippen molar-refractivity contribution in [1.82, 2.24) is 4.90 Å². The molecule has 1 aromatic rings. The van der Waals surface area contributed by atoms with E-state index in [2.05, 4.69) is 0 Å². The third-order valence-corrected chi connectivity index (χ3v) is 4.56. The highest BCUT2D eigenvalue weighted by atomic mass is 19.4. The summed E-state index contributed by atoms with van der Waals surface area (Å²) in [7, 11) is 0. The van der Waals surface area contributed by atoms with E-state index >= 15 is 0 Å². The summed E-state index contributed by atoms with van der Waals surface area (Å²) < 4.78 is 78.2. The average Bonchev–Trinajstić information content (AvgIpc) is 2.52. The number of alkyl halides is 6. The molecule has 140 valence electrons. The first kappa shape index (κ1) is 19.6. The maximum Gasteiger partial charge on any atom is 0.416 e. The van der Waals surface area contributed by atoms with Gasteiger partial charge in [0, 0.05) is 6.04 Å². The minimum atomic E-state index is -4.77. The van der Waals surface area contributed by atoms with Gasteiger partial charge in [-0.2, -0.15) is 26.3 Å². The monoisotopic (exact) mass is 369 g/mol. The Bertz CT molecular complexity index is 632. The van der Waals surface area contributed by atoms with Crippen LogP contribution in [-0.2, 0) is 17.1 Å². The van der Waals surface area contributed by atoms with Crippen molar-refractivity contribution >= 4 is 5.97 Å². The summed E-state index contributed by atoms with van der Waals surface area (Å²) in [5.74, 6) is -1.55.